The van der Waals surface area contributed by atoms with Crippen LogP contribution < -0.4 is 21.9 Å². The number of carbonyl (C=O) groups excluding carboxylic acids is 1. The van der Waals surface area contributed by atoms with E-state index in [-0.39, 0.29) is 42.1 Å². The first-order valence-corrected chi connectivity index (χ1v) is 7.72. The third kappa shape index (κ3) is 4.14. The van der Waals surface area contributed by atoms with Crippen LogP contribution in [0.3, 0.4) is 0 Å². The molecule has 0 aliphatic carbocycles. The normalized spacial score (nSPS) is 13.4. The molecule has 0 spiro atoms. The molecule has 0 unspecified atom stereocenters. The largest absolute Gasteiger partial charge is 0.347 e. The van der Waals surface area contributed by atoms with E-state index in [1.807, 2.05) is 0 Å². The maximum absolute atomic E-state index is 12.3. The lowest BCUT2D eigenvalue weighted by Gasteiger charge is -2.14. The van der Waals surface area contributed by atoms with Gasteiger partial charge in [0, 0.05) is 27.2 Å². The Kier molecular flexibility index (Phi) is 7.55. The average molecular weight is 402 g/mol. The predicted octanol–water partition coefficient (Wildman–Crippen LogP) is 0.125. The highest BCUT2D eigenvalue weighted by Gasteiger charge is 2.14. The highest BCUT2D eigenvalue weighted by molar-refractivity contribution is 5.94. The van der Waals surface area contributed by atoms with Gasteiger partial charge in [0.05, 0.1) is 5.39 Å². The van der Waals surface area contributed by atoms with Gasteiger partial charge in [0.2, 0.25) is 0 Å². The van der Waals surface area contributed by atoms with Crippen molar-refractivity contribution < 1.29 is 4.79 Å². The summed E-state index contributed by atoms with van der Waals surface area (Å²) in [6.07, 6.45) is 2.96. The Bertz CT molecular complexity index is 965. The van der Waals surface area contributed by atoms with Gasteiger partial charge in [0.25, 0.3) is 11.5 Å². The first kappa shape index (κ1) is 21.9. The summed E-state index contributed by atoms with van der Waals surface area (Å²) in [5.41, 5.74) is 0.658. The molecular formula is C16H21Cl2N5O3. The van der Waals surface area contributed by atoms with Gasteiger partial charge in [0.15, 0.2) is 0 Å². The van der Waals surface area contributed by atoms with Gasteiger partial charge in [-0.25, -0.2) is 9.78 Å². The molecule has 3 heterocycles. The fourth-order valence-corrected chi connectivity index (χ4v) is 2.70. The third-order valence-electron chi connectivity index (χ3n) is 4.17. The van der Waals surface area contributed by atoms with Crippen LogP contribution in [0.15, 0.2) is 33.4 Å². The molecule has 26 heavy (non-hydrogen) atoms. The van der Waals surface area contributed by atoms with E-state index in [0.29, 0.717) is 11.9 Å². The molecule has 1 aliphatic heterocycles. The summed E-state index contributed by atoms with van der Waals surface area (Å²) in [5, 5.41) is 6.34. The van der Waals surface area contributed by atoms with Gasteiger partial charge in [-0.05, 0) is 25.1 Å². The Morgan fingerprint density at radius 1 is 1.23 bits per heavy atom. The van der Waals surface area contributed by atoms with E-state index in [1.54, 1.807) is 0 Å². The van der Waals surface area contributed by atoms with Crippen molar-refractivity contribution in [2.45, 2.75) is 6.42 Å². The van der Waals surface area contributed by atoms with Crippen LogP contribution in [0.2, 0.25) is 0 Å². The number of halogens is 2. The van der Waals surface area contributed by atoms with Gasteiger partial charge in [-0.2, -0.15) is 0 Å². The van der Waals surface area contributed by atoms with E-state index in [4.69, 9.17) is 0 Å². The molecule has 0 bridgehead atoms. The first-order valence-electron chi connectivity index (χ1n) is 7.72. The van der Waals surface area contributed by atoms with E-state index in [2.05, 4.69) is 21.7 Å². The quantitative estimate of drug-likeness (QED) is 0.712. The Labute approximate surface area is 162 Å². The number of aromatic nitrogens is 3. The van der Waals surface area contributed by atoms with Crippen molar-refractivity contribution in [3.63, 3.8) is 0 Å². The smallest absolute Gasteiger partial charge is 0.332 e. The van der Waals surface area contributed by atoms with Gasteiger partial charge < -0.3 is 10.6 Å². The van der Waals surface area contributed by atoms with Gasteiger partial charge in [-0.3, -0.25) is 18.7 Å². The van der Waals surface area contributed by atoms with Crippen LogP contribution in [0, 0.1) is 0 Å². The van der Waals surface area contributed by atoms with Gasteiger partial charge in [-0.15, -0.1) is 24.8 Å². The van der Waals surface area contributed by atoms with Crippen LogP contribution in [0.1, 0.15) is 16.9 Å². The van der Waals surface area contributed by atoms with Crippen molar-refractivity contribution in [3.05, 3.63) is 50.3 Å². The molecule has 1 aliphatic rings. The van der Waals surface area contributed by atoms with Gasteiger partial charge in [-0.1, -0.05) is 11.6 Å². The molecule has 0 atom stereocenters. The van der Waals surface area contributed by atoms with Crippen molar-refractivity contribution in [3.8, 4) is 0 Å². The second-order valence-electron chi connectivity index (χ2n) is 5.77. The fourth-order valence-electron chi connectivity index (χ4n) is 2.70. The van der Waals surface area contributed by atoms with E-state index in [9.17, 15) is 14.4 Å². The molecule has 10 heteroatoms. The zero-order valence-electron chi connectivity index (χ0n) is 14.4. The maximum atomic E-state index is 12.3. The molecule has 2 N–H and O–H groups in total. The monoisotopic (exact) mass is 401 g/mol. The molecule has 0 saturated heterocycles. The number of hydrogen-bond acceptors (Lipinski definition) is 5. The van der Waals surface area contributed by atoms with E-state index < -0.39 is 11.2 Å². The minimum Gasteiger partial charge on any atom is -0.347 e. The number of pyridine rings is 1. The Morgan fingerprint density at radius 3 is 2.62 bits per heavy atom. The second kappa shape index (κ2) is 8.98. The molecule has 0 radical (unpaired) electrons. The summed E-state index contributed by atoms with van der Waals surface area (Å²) in [6, 6.07) is 3.03. The van der Waals surface area contributed by atoms with Crippen molar-refractivity contribution in [1.29, 1.82) is 0 Å². The van der Waals surface area contributed by atoms with E-state index in [1.165, 1.54) is 36.4 Å². The van der Waals surface area contributed by atoms with Crippen LogP contribution in [0.5, 0.6) is 0 Å². The average Bonchev–Trinajstić information content (AvgIpc) is 2.63. The van der Waals surface area contributed by atoms with Crippen LogP contribution >= 0.6 is 24.8 Å². The number of fused-ring (bicyclic) bond motifs is 1. The molecule has 142 valence electrons. The van der Waals surface area contributed by atoms with E-state index in [0.717, 1.165) is 24.1 Å². The number of carbonyl (C=O) groups is 1. The highest BCUT2D eigenvalue weighted by atomic mass is 35.5. The summed E-state index contributed by atoms with van der Waals surface area (Å²) >= 11 is 0. The van der Waals surface area contributed by atoms with Crippen LogP contribution in [0.4, 0.5) is 0 Å². The summed E-state index contributed by atoms with van der Waals surface area (Å²) in [4.78, 5) is 40.6. The number of aryl methyl sites for hydroxylation is 1. The molecule has 0 aromatic carbocycles. The Hall–Kier alpha value is -2.16. The summed E-state index contributed by atoms with van der Waals surface area (Å²) < 4.78 is 2.29. The Balaban J connectivity index is 0.00000169. The number of nitrogens with zero attached hydrogens (tertiary/aromatic N) is 3. The lowest BCUT2D eigenvalue weighted by molar-refractivity contribution is 0.0952. The summed E-state index contributed by atoms with van der Waals surface area (Å²) in [7, 11) is 2.94. The third-order valence-corrected chi connectivity index (χ3v) is 4.17. The molecule has 2 aromatic rings. The number of rotatable bonds is 3. The molecule has 3 rings (SSSR count). The van der Waals surface area contributed by atoms with Crippen molar-refractivity contribution in [1.82, 2.24) is 24.8 Å². The second-order valence-corrected chi connectivity index (χ2v) is 5.77. The fraction of sp³-hybridized carbons (Fsp3) is 0.375. The number of hydrogen-bond donors (Lipinski definition) is 2. The number of amides is 1. The first-order chi connectivity index (χ1) is 11.5. The molecular weight excluding hydrogens is 381 g/mol. The minimum atomic E-state index is -0.475. The summed E-state index contributed by atoms with van der Waals surface area (Å²) in [6.45, 7) is 2.18. The molecule has 8 nitrogen and oxygen atoms in total. The lowest BCUT2D eigenvalue weighted by atomic mass is 10.1. The van der Waals surface area contributed by atoms with Gasteiger partial charge >= 0.3 is 5.69 Å². The van der Waals surface area contributed by atoms with Crippen molar-refractivity contribution >= 4 is 41.8 Å². The standard InChI is InChI=1S/C16H19N5O3.2ClH/c1-20-13-11(15(23)21(2)16(20)24)3-4-12(19-13)14(22)18-9-10-5-7-17-8-6-10;;/h3-5,17H,6-9H2,1-2H3,(H,18,22);2*1H. The van der Waals surface area contributed by atoms with E-state index >= 15 is 0 Å². The summed E-state index contributed by atoms with van der Waals surface area (Å²) in [5.74, 6) is -0.329. The molecule has 2 aromatic heterocycles. The van der Waals surface area contributed by atoms with Crippen LogP contribution in [-0.2, 0) is 14.1 Å². The minimum absolute atomic E-state index is 0. The zero-order valence-corrected chi connectivity index (χ0v) is 16.1. The molecule has 0 saturated carbocycles. The van der Waals surface area contributed by atoms with Crippen LogP contribution in [-0.4, -0.2) is 39.7 Å². The highest BCUT2D eigenvalue weighted by Crippen LogP contribution is 2.07. The zero-order chi connectivity index (χ0) is 17.3. The maximum Gasteiger partial charge on any atom is 0.332 e. The SMILES string of the molecule is Cl.Cl.Cn1c(=O)c2ccc(C(=O)NCC3=CCNCC3)nc2n(C)c1=O. The van der Waals surface area contributed by atoms with Gasteiger partial charge in [0.1, 0.15) is 11.3 Å². The molecule has 1 amide bonds. The molecule has 0 fully saturated rings. The van der Waals surface area contributed by atoms with Crippen LogP contribution in [0.25, 0.3) is 11.0 Å². The Morgan fingerprint density at radius 2 is 1.96 bits per heavy atom. The van der Waals surface area contributed by atoms with Crippen molar-refractivity contribution in [2.24, 2.45) is 14.1 Å². The number of nitrogens with one attached hydrogen (secondary N) is 2. The predicted molar refractivity (Wildman–Crippen MR) is 105 cm³/mol. The topological polar surface area (TPSA) is 98.0 Å². The van der Waals surface area contributed by atoms with Crippen molar-refractivity contribution in [2.75, 3.05) is 19.6 Å². The lowest BCUT2D eigenvalue weighted by Crippen LogP contribution is -2.37.